The van der Waals surface area contributed by atoms with Gasteiger partial charge in [0.2, 0.25) is 11.8 Å². The Morgan fingerprint density at radius 2 is 2.14 bits per heavy atom. The second-order valence-corrected chi connectivity index (χ2v) is 4.06. The van der Waals surface area contributed by atoms with Gasteiger partial charge in [0.1, 0.15) is 0 Å². The molecule has 0 saturated heterocycles. The molecule has 1 aromatic heterocycles. The Labute approximate surface area is 83.7 Å². The van der Waals surface area contributed by atoms with Crippen molar-refractivity contribution in [1.82, 2.24) is 9.97 Å². The van der Waals surface area contributed by atoms with Gasteiger partial charge < -0.3 is 10.1 Å². The SMILES string of the molecule is COc1cc(C)nc(NC2(C)CC2)n1. The zero-order chi connectivity index (χ0) is 10.2. The van der Waals surface area contributed by atoms with Gasteiger partial charge in [0, 0.05) is 17.3 Å². The minimum atomic E-state index is 0.207. The molecular formula is C10H15N3O. The maximum atomic E-state index is 5.08. The third-order valence-corrected chi connectivity index (χ3v) is 2.45. The Morgan fingerprint density at radius 1 is 1.43 bits per heavy atom. The van der Waals surface area contributed by atoms with E-state index >= 15 is 0 Å². The molecular weight excluding hydrogens is 178 g/mol. The molecule has 1 aliphatic rings. The van der Waals surface area contributed by atoms with Crippen LogP contribution < -0.4 is 10.1 Å². The van der Waals surface area contributed by atoms with Crippen molar-refractivity contribution in [2.45, 2.75) is 32.2 Å². The fraction of sp³-hybridized carbons (Fsp3) is 0.600. The highest BCUT2D eigenvalue weighted by Crippen LogP contribution is 2.37. The van der Waals surface area contributed by atoms with Crippen LogP contribution in [0.3, 0.4) is 0 Å². The lowest BCUT2D eigenvalue weighted by molar-refractivity contribution is 0.397. The van der Waals surface area contributed by atoms with Crippen LogP contribution in [-0.2, 0) is 0 Å². The fourth-order valence-electron chi connectivity index (χ4n) is 1.28. The molecule has 14 heavy (non-hydrogen) atoms. The summed E-state index contributed by atoms with van der Waals surface area (Å²) in [4.78, 5) is 8.54. The van der Waals surface area contributed by atoms with Crippen LogP contribution in [0.5, 0.6) is 5.88 Å². The van der Waals surface area contributed by atoms with Crippen LogP contribution in [0.4, 0.5) is 5.95 Å². The Kier molecular flexibility index (Phi) is 2.06. The van der Waals surface area contributed by atoms with E-state index in [-0.39, 0.29) is 5.54 Å². The minimum Gasteiger partial charge on any atom is -0.481 e. The zero-order valence-corrected chi connectivity index (χ0v) is 8.79. The Morgan fingerprint density at radius 3 is 2.71 bits per heavy atom. The lowest BCUT2D eigenvalue weighted by atomic mass is 10.3. The molecule has 1 aromatic rings. The molecule has 0 unspecified atom stereocenters. The quantitative estimate of drug-likeness (QED) is 0.794. The van der Waals surface area contributed by atoms with Gasteiger partial charge in [0.05, 0.1) is 7.11 Å². The van der Waals surface area contributed by atoms with Crippen molar-refractivity contribution in [3.05, 3.63) is 11.8 Å². The first-order valence-corrected chi connectivity index (χ1v) is 4.79. The Bertz CT molecular complexity index is 347. The molecule has 0 spiro atoms. The smallest absolute Gasteiger partial charge is 0.226 e. The van der Waals surface area contributed by atoms with Crippen molar-refractivity contribution in [1.29, 1.82) is 0 Å². The molecule has 1 N–H and O–H groups in total. The van der Waals surface area contributed by atoms with Gasteiger partial charge in [-0.05, 0) is 26.7 Å². The summed E-state index contributed by atoms with van der Waals surface area (Å²) in [6.07, 6.45) is 2.37. The van der Waals surface area contributed by atoms with Crippen LogP contribution in [0.25, 0.3) is 0 Å². The molecule has 1 fully saturated rings. The van der Waals surface area contributed by atoms with Crippen molar-refractivity contribution < 1.29 is 4.74 Å². The first kappa shape index (κ1) is 9.24. The van der Waals surface area contributed by atoms with E-state index in [1.165, 1.54) is 12.8 Å². The first-order chi connectivity index (χ1) is 6.61. The van der Waals surface area contributed by atoms with Gasteiger partial charge in [-0.25, -0.2) is 4.98 Å². The van der Waals surface area contributed by atoms with Crippen LogP contribution in [0.15, 0.2) is 6.07 Å². The van der Waals surface area contributed by atoms with E-state index in [1.54, 1.807) is 7.11 Å². The van der Waals surface area contributed by atoms with E-state index in [2.05, 4.69) is 22.2 Å². The van der Waals surface area contributed by atoms with Gasteiger partial charge in [-0.15, -0.1) is 0 Å². The summed E-state index contributed by atoms with van der Waals surface area (Å²) in [5.74, 6) is 1.28. The maximum Gasteiger partial charge on any atom is 0.226 e. The van der Waals surface area contributed by atoms with Crippen LogP contribution in [0.2, 0.25) is 0 Å². The van der Waals surface area contributed by atoms with Crippen molar-refractivity contribution in [3.63, 3.8) is 0 Å². The van der Waals surface area contributed by atoms with Crippen molar-refractivity contribution >= 4 is 5.95 Å². The van der Waals surface area contributed by atoms with Gasteiger partial charge >= 0.3 is 0 Å². The van der Waals surface area contributed by atoms with E-state index in [9.17, 15) is 0 Å². The molecule has 4 nitrogen and oxygen atoms in total. The summed E-state index contributed by atoms with van der Waals surface area (Å²) >= 11 is 0. The third kappa shape index (κ3) is 1.95. The number of nitrogens with one attached hydrogen (secondary N) is 1. The number of aromatic nitrogens is 2. The number of aryl methyl sites for hydroxylation is 1. The maximum absolute atomic E-state index is 5.08. The minimum absolute atomic E-state index is 0.207. The van der Waals surface area contributed by atoms with E-state index in [0.29, 0.717) is 11.8 Å². The van der Waals surface area contributed by atoms with Gasteiger partial charge in [-0.3, -0.25) is 0 Å². The van der Waals surface area contributed by atoms with Gasteiger partial charge in [0.15, 0.2) is 0 Å². The monoisotopic (exact) mass is 193 g/mol. The molecule has 0 aliphatic heterocycles. The van der Waals surface area contributed by atoms with Crippen LogP contribution >= 0.6 is 0 Å². The second kappa shape index (κ2) is 3.12. The first-order valence-electron chi connectivity index (χ1n) is 4.79. The largest absolute Gasteiger partial charge is 0.481 e. The predicted molar refractivity (Wildman–Crippen MR) is 54.6 cm³/mol. The number of hydrogen-bond donors (Lipinski definition) is 1. The molecule has 2 rings (SSSR count). The Balaban J connectivity index is 2.20. The molecule has 4 heteroatoms. The predicted octanol–water partition coefficient (Wildman–Crippen LogP) is 1.76. The van der Waals surface area contributed by atoms with Gasteiger partial charge in [0.25, 0.3) is 0 Å². The zero-order valence-electron chi connectivity index (χ0n) is 8.79. The highest BCUT2D eigenvalue weighted by Gasteiger charge is 2.37. The van der Waals surface area contributed by atoms with E-state index in [4.69, 9.17) is 4.74 Å². The average molecular weight is 193 g/mol. The summed E-state index contributed by atoms with van der Waals surface area (Å²) in [5.41, 5.74) is 1.13. The molecule has 0 bridgehead atoms. The van der Waals surface area contributed by atoms with Crippen LogP contribution in [0.1, 0.15) is 25.5 Å². The Hall–Kier alpha value is -1.32. The normalized spacial score (nSPS) is 17.6. The van der Waals surface area contributed by atoms with E-state index in [0.717, 1.165) is 5.69 Å². The molecule has 0 radical (unpaired) electrons. The number of nitrogens with zero attached hydrogens (tertiary/aromatic N) is 2. The number of anilines is 1. The molecule has 76 valence electrons. The summed E-state index contributed by atoms with van der Waals surface area (Å²) in [5, 5.41) is 3.31. The van der Waals surface area contributed by atoms with Crippen molar-refractivity contribution in [3.8, 4) is 5.88 Å². The summed E-state index contributed by atoms with van der Waals surface area (Å²) < 4.78 is 5.08. The fourth-order valence-corrected chi connectivity index (χ4v) is 1.28. The number of ether oxygens (including phenoxy) is 1. The van der Waals surface area contributed by atoms with E-state index < -0.39 is 0 Å². The topological polar surface area (TPSA) is 47.0 Å². The van der Waals surface area contributed by atoms with Crippen LogP contribution in [-0.4, -0.2) is 22.6 Å². The number of rotatable bonds is 3. The van der Waals surface area contributed by atoms with Gasteiger partial charge in [-0.2, -0.15) is 4.98 Å². The van der Waals surface area contributed by atoms with Crippen molar-refractivity contribution in [2.24, 2.45) is 0 Å². The number of methoxy groups -OCH3 is 1. The van der Waals surface area contributed by atoms with Crippen LogP contribution in [0, 0.1) is 6.92 Å². The lowest BCUT2D eigenvalue weighted by Crippen LogP contribution is -2.18. The molecule has 0 amide bonds. The van der Waals surface area contributed by atoms with E-state index in [1.807, 2.05) is 13.0 Å². The molecule has 1 heterocycles. The molecule has 1 aliphatic carbocycles. The molecule has 0 atom stereocenters. The number of hydrogen-bond acceptors (Lipinski definition) is 4. The standard InChI is InChI=1S/C10H15N3O/c1-7-6-8(14-3)12-9(11-7)13-10(2)4-5-10/h6H,4-5H2,1-3H3,(H,11,12,13). The van der Waals surface area contributed by atoms with Crippen molar-refractivity contribution in [2.75, 3.05) is 12.4 Å². The summed E-state index contributed by atoms with van der Waals surface area (Å²) in [6.45, 7) is 4.11. The average Bonchev–Trinajstić information content (AvgIpc) is 2.82. The summed E-state index contributed by atoms with van der Waals surface area (Å²) in [7, 11) is 1.62. The second-order valence-electron chi connectivity index (χ2n) is 4.06. The lowest BCUT2D eigenvalue weighted by Gasteiger charge is -2.12. The highest BCUT2D eigenvalue weighted by atomic mass is 16.5. The van der Waals surface area contributed by atoms with Gasteiger partial charge in [-0.1, -0.05) is 0 Å². The molecule has 1 saturated carbocycles. The highest BCUT2D eigenvalue weighted by molar-refractivity contribution is 5.36. The summed E-state index contributed by atoms with van der Waals surface area (Å²) in [6, 6.07) is 1.82. The molecule has 0 aromatic carbocycles. The third-order valence-electron chi connectivity index (χ3n) is 2.45.